The van der Waals surface area contributed by atoms with Gasteiger partial charge < -0.3 is 50.0 Å². The number of aryl methyl sites for hydroxylation is 1. The van der Waals surface area contributed by atoms with E-state index in [-0.39, 0.29) is 37.5 Å². The molecule has 1 saturated heterocycles. The van der Waals surface area contributed by atoms with Crippen LogP contribution in [-0.2, 0) is 39.3 Å². The number of benzene rings is 4. The van der Waals surface area contributed by atoms with E-state index in [0.29, 0.717) is 73.9 Å². The Morgan fingerprint density at radius 3 is 2.49 bits per heavy atom. The summed E-state index contributed by atoms with van der Waals surface area (Å²) in [5.41, 5.74) is 6.02. The van der Waals surface area contributed by atoms with Crippen LogP contribution in [-0.4, -0.2) is 119 Å². The van der Waals surface area contributed by atoms with Crippen molar-refractivity contribution >= 4 is 87.0 Å². The second-order valence-electron chi connectivity index (χ2n) is 17.3. The average molecular weight is 982 g/mol. The van der Waals surface area contributed by atoms with Crippen molar-refractivity contribution in [2.24, 2.45) is 7.05 Å². The Labute approximate surface area is 414 Å². The van der Waals surface area contributed by atoms with Gasteiger partial charge in [-0.05, 0) is 74.1 Å². The van der Waals surface area contributed by atoms with Gasteiger partial charge in [0.1, 0.15) is 18.4 Å². The van der Waals surface area contributed by atoms with Crippen LogP contribution in [0.15, 0.2) is 109 Å². The van der Waals surface area contributed by atoms with Crippen molar-refractivity contribution in [3.8, 4) is 17.0 Å². The summed E-state index contributed by atoms with van der Waals surface area (Å²) >= 11 is 6.02. The number of hydrogen-bond acceptors (Lipinski definition) is 13. The standard InChI is InChI=1S/C51H52ClN11O8/c1-30(29-71-51(69)63-45(64)17-16-42(48(63)67)62-27-32-22-31(14-15-35(32)47(62)66)26-54-50(68)55-34-11-9-10-33(52)23-34)46(65)56-39-24-40(44(70-6)25-43(39)60(4)21-20-59(2)3)58-49-53-19-18-38(57-49)37-28-61(5)41-13-8-7-12-36(37)41/h7-15,18-19,22-25,28,42H,1,16-17,20-21,26-27,29H2,2-6H3,(H,56,65)(H,53,57,58)(H2,54,55,68). The normalized spacial score (nSPS) is 14.4. The molecular formula is C51H52ClN11O8. The molecule has 19 nitrogen and oxygen atoms in total. The number of fused-ring (bicyclic) bond motifs is 2. The molecule has 0 bridgehead atoms. The van der Waals surface area contributed by atoms with Gasteiger partial charge in [0.05, 0.1) is 29.9 Å². The number of methoxy groups -OCH3 is 1. The molecule has 366 valence electrons. The fourth-order valence-electron chi connectivity index (χ4n) is 8.38. The Balaban J connectivity index is 0.922. The molecule has 0 radical (unpaired) electrons. The van der Waals surface area contributed by atoms with Crippen LogP contribution in [0.4, 0.5) is 38.3 Å². The van der Waals surface area contributed by atoms with Crippen LogP contribution in [0, 0.1) is 0 Å². The lowest BCUT2D eigenvalue weighted by Crippen LogP contribution is -2.56. The highest BCUT2D eigenvalue weighted by atomic mass is 35.5. The summed E-state index contributed by atoms with van der Waals surface area (Å²) in [7, 11) is 9.26. The highest BCUT2D eigenvalue weighted by Gasteiger charge is 2.45. The first-order valence-electron chi connectivity index (χ1n) is 22.6. The third-order valence-electron chi connectivity index (χ3n) is 12.1. The Morgan fingerprint density at radius 2 is 1.72 bits per heavy atom. The lowest BCUT2D eigenvalue weighted by atomic mass is 10.0. The largest absolute Gasteiger partial charge is 0.494 e. The molecule has 1 fully saturated rings. The third kappa shape index (κ3) is 11.0. The predicted octanol–water partition coefficient (Wildman–Crippen LogP) is 7.17. The number of carbonyl (C=O) groups is 6. The summed E-state index contributed by atoms with van der Waals surface area (Å²) in [6, 6.07) is 23.4. The van der Waals surface area contributed by atoms with Crippen LogP contribution in [0.2, 0.25) is 5.02 Å². The van der Waals surface area contributed by atoms with Crippen molar-refractivity contribution in [1.29, 1.82) is 0 Å². The second-order valence-corrected chi connectivity index (χ2v) is 17.8. The number of likely N-dealkylation sites (N-methyl/N-ethyl adjacent to an activating group) is 2. The number of nitrogens with one attached hydrogen (secondary N) is 4. The van der Waals surface area contributed by atoms with E-state index in [1.807, 2.05) is 79.1 Å². The highest BCUT2D eigenvalue weighted by Crippen LogP contribution is 2.39. The van der Waals surface area contributed by atoms with Crippen LogP contribution in [0.3, 0.4) is 0 Å². The highest BCUT2D eigenvalue weighted by molar-refractivity contribution is 6.30. The number of likely N-dealkylation sites (tertiary alicyclic amines) is 1. The van der Waals surface area contributed by atoms with Gasteiger partial charge in [0.25, 0.3) is 17.7 Å². The number of halogens is 1. The number of piperidine rings is 1. The molecule has 6 aromatic rings. The molecule has 0 saturated carbocycles. The number of anilines is 5. The van der Waals surface area contributed by atoms with E-state index in [0.717, 1.165) is 16.5 Å². The minimum Gasteiger partial charge on any atom is -0.494 e. The van der Waals surface area contributed by atoms with Crippen molar-refractivity contribution in [2.75, 3.05) is 68.8 Å². The smallest absolute Gasteiger partial charge is 0.423 e. The van der Waals surface area contributed by atoms with Gasteiger partial charge in [0.15, 0.2) is 0 Å². The molecule has 4 aromatic carbocycles. The second kappa shape index (κ2) is 21.1. The van der Waals surface area contributed by atoms with Gasteiger partial charge in [-0.15, -0.1) is 0 Å². The van der Waals surface area contributed by atoms with Crippen molar-refractivity contribution < 1.29 is 38.2 Å². The Hall–Kier alpha value is -8.29. The number of para-hydroxylation sites is 1. The van der Waals surface area contributed by atoms with E-state index < -0.39 is 48.4 Å². The van der Waals surface area contributed by atoms with Gasteiger partial charge in [-0.3, -0.25) is 19.2 Å². The SMILES string of the molecule is C=C(COC(=O)N1C(=O)CCC(N2Cc3cc(CNC(=O)Nc4cccc(Cl)c4)ccc3C2=O)C1=O)C(=O)Nc1cc(Nc2nccc(-c3cn(C)c4ccccc34)n2)c(OC)cc1N(C)CCN(C)C. The van der Waals surface area contributed by atoms with E-state index in [1.54, 1.807) is 60.8 Å². The summed E-state index contributed by atoms with van der Waals surface area (Å²) in [5.74, 6) is -2.20. The fraction of sp³-hybridized carbons (Fsp3) is 0.255. The number of urea groups is 1. The van der Waals surface area contributed by atoms with E-state index in [9.17, 15) is 28.8 Å². The van der Waals surface area contributed by atoms with Gasteiger partial charge in [-0.2, -0.15) is 4.90 Å². The van der Waals surface area contributed by atoms with E-state index >= 15 is 0 Å². The average Bonchev–Trinajstić information content (AvgIpc) is 3.86. The number of nitrogens with zero attached hydrogens (tertiary/aromatic N) is 7. The number of amides is 7. The monoisotopic (exact) mass is 981 g/mol. The van der Waals surface area contributed by atoms with Crippen LogP contribution in [0.25, 0.3) is 22.2 Å². The number of hydrogen-bond donors (Lipinski definition) is 4. The first-order chi connectivity index (χ1) is 34.1. The summed E-state index contributed by atoms with van der Waals surface area (Å²) < 4.78 is 13.2. The quantitative estimate of drug-likeness (QED) is 0.0561. The van der Waals surface area contributed by atoms with E-state index in [1.165, 1.54) is 12.0 Å². The van der Waals surface area contributed by atoms with Gasteiger partial charge in [0, 0.05) is 103 Å². The maximum atomic E-state index is 13.9. The maximum Gasteiger partial charge on any atom is 0.423 e. The molecule has 4 N–H and O–H groups in total. The van der Waals surface area contributed by atoms with Crippen molar-refractivity contribution in [1.82, 2.24) is 34.6 Å². The zero-order chi connectivity index (χ0) is 50.5. The molecule has 2 aliphatic heterocycles. The molecule has 7 amide bonds. The minimum absolute atomic E-state index is 0.0137. The molecule has 1 atom stereocenters. The lowest BCUT2D eigenvalue weighted by molar-refractivity contribution is -0.149. The van der Waals surface area contributed by atoms with Gasteiger partial charge in [-0.25, -0.2) is 19.6 Å². The first-order valence-corrected chi connectivity index (χ1v) is 22.9. The van der Waals surface area contributed by atoms with Gasteiger partial charge in [-0.1, -0.05) is 54.6 Å². The van der Waals surface area contributed by atoms with Crippen molar-refractivity contribution in [3.63, 3.8) is 0 Å². The molecule has 71 heavy (non-hydrogen) atoms. The van der Waals surface area contributed by atoms with Crippen molar-refractivity contribution in [3.05, 3.63) is 131 Å². The first kappa shape index (κ1) is 49.1. The summed E-state index contributed by atoms with van der Waals surface area (Å²) in [5, 5.41) is 13.1. The molecule has 4 heterocycles. The zero-order valence-corrected chi connectivity index (χ0v) is 40.5. The van der Waals surface area contributed by atoms with Crippen molar-refractivity contribution in [2.45, 2.75) is 32.0 Å². The Kier molecular flexibility index (Phi) is 14.6. The molecule has 2 aliphatic rings. The van der Waals surface area contributed by atoms with E-state index in [2.05, 4.69) is 32.8 Å². The molecule has 1 unspecified atom stereocenters. The zero-order valence-electron chi connectivity index (χ0n) is 39.7. The molecule has 2 aromatic heterocycles. The van der Waals surface area contributed by atoms with Crippen LogP contribution < -0.4 is 30.9 Å². The van der Waals surface area contributed by atoms with Crippen LogP contribution >= 0.6 is 11.6 Å². The molecule has 0 spiro atoms. The number of aromatic nitrogens is 3. The topological polar surface area (TPSA) is 213 Å². The molecule has 20 heteroatoms. The molecular weight excluding hydrogens is 930 g/mol. The summed E-state index contributed by atoms with van der Waals surface area (Å²) in [4.78, 5) is 95.4. The van der Waals surface area contributed by atoms with Gasteiger partial charge >= 0.3 is 12.1 Å². The number of imide groups is 3. The number of ether oxygens (including phenoxy) is 2. The number of rotatable bonds is 16. The van der Waals surface area contributed by atoms with Crippen LogP contribution in [0.5, 0.6) is 5.75 Å². The molecule has 8 rings (SSSR count). The third-order valence-corrected chi connectivity index (χ3v) is 12.3. The Morgan fingerprint density at radius 1 is 0.915 bits per heavy atom. The lowest BCUT2D eigenvalue weighted by Gasteiger charge is -2.33. The van der Waals surface area contributed by atoms with Gasteiger partial charge in [0.2, 0.25) is 11.9 Å². The predicted molar refractivity (Wildman–Crippen MR) is 270 cm³/mol. The maximum absolute atomic E-state index is 13.9. The number of carbonyl (C=O) groups excluding carboxylic acids is 6. The van der Waals surface area contributed by atoms with E-state index in [4.69, 9.17) is 26.1 Å². The molecule has 0 aliphatic carbocycles. The fourth-order valence-corrected chi connectivity index (χ4v) is 8.57. The minimum atomic E-state index is -1.31. The van der Waals surface area contributed by atoms with Crippen LogP contribution in [0.1, 0.15) is 34.3 Å². The summed E-state index contributed by atoms with van der Waals surface area (Å²) in [6.45, 7) is 4.59. The Bertz CT molecular complexity index is 3100. The summed E-state index contributed by atoms with van der Waals surface area (Å²) in [6.07, 6.45) is 2.12.